The zero-order valence-electron chi connectivity index (χ0n) is 17.0. The van der Waals surface area contributed by atoms with Crippen molar-refractivity contribution in [1.82, 2.24) is 14.9 Å². The zero-order chi connectivity index (χ0) is 21.3. The number of methoxy groups -OCH3 is 1. The summed E-state index contributed by atoms with van der Waals surface area (Å²) in [4.78, 5) is 18.3. The summed E-state index contributed by atoms with van der Waals surface area (Å²) in [5.41, 5.74) is 3.44. The number of rotatable bonds is 5. The number of pyridine rings is 1. The maximum absolute atomic E-state index is 11.7. The predicted octanol–water partition coefficient (Wildman–Crippen LogP) is 3.56. The molecular weight excluding hydrogens is 398 g/mol. The molecule has 0 spiro atoms. The molecule has 7 nitrogen and oxygen atoms in total. The summed E-state index contributed by atoms with van der Waals surface area (Å²) < 4.78 is 7.49. The molecule has 0 bridgehead atoms. The molecule has 2 N–H and O–H groups in total. The van der Waals surface area contributed by atoms with Crippen molar-refractivity contribution in [2.45, 2.75) is 19.0 Å². The highest BCUT2D eigenvalue weighted by molar-refractivity contribution is 7.80. The first-order valence-corrected chi connectivity index (χ1v) is 9.98. The van der Waals surface area contributed by atoms with Crippen molar-refractivity contribution < 1.29 is 9.53 Å². The van der Waals surface area contributed by atoms with E-state index in [9.17, 15) is 4.79 Å². The predicted molar refractivity (Wildman–Crippen MR) is 121 cm³/mol. The number of amides is 1. The lowest BCUT2D eigenvalue weighted by Gasteiger charge is -2.29. The van der Waals surface area contributed by atoms with Crippen molar-refractivity contribution in [2.75, 3.05) is 17.3 Å². The van der Waals surface area contributed by atoms with Gasteiger partial charge in [0.15, 0.2) is 5.11 Å². The van der Waals surface area contributed by atoms with Gasteiger partial charge in [0.2, 0.25) is 5.91 Å². The van der Waals surface area contributed by atoms with E-state index in [1.807, 2.05) is 55.7 Å². The van der Waals surface area contributed by atoms with Crippen LogP contribution in [0, 0.1) is 0 Å². The Bertz CT molecular complexity index is 1080. The van der Waals surface area contributed by atoms with Crippen LogP contribution in [-0.4, -0.2) is 27.7 Å². The van der Waals surface area contributed by atoms with Gasteiger partial charge < -0.3 is 24.8 Å². The van der Waals surface area contributed by atoms with Gasteiger partial charge in [0.05, 0.1) is 24.5 Å². The molecule has 1 aliphatic heterocycles. The number of carbonyl (C=O) groups is 1. The molecule has 3 heterocycles. The molecule has 1 amide bonds. The quantitative estimate of drug-likeness (QED) is 0.614. The zero-order valence-corrected chi connectivity index (χ0v) is 17.8. The highest BCUT2D eigenvalue weighted by Crippen LogP contribution is 2.43. The van der Waals surface area contributed by atoms with E-state index in [2.05, 4.69) is 31.2 Å². The number of anilines is 2. The van der Waals surface area contributed by atoms with Gasteiger partial charge in [-0.3, -0.25) is 9.78 Å². The van der Waals surface area contributed by atoms with E-state index in [-0.39, 0.29) is 18.0 Å². The Kier molecular flexibility index (Phi) is 5.41. The van der Waals surface area contributed by atoms with E-state index in [0.29, 0.717) is 16.5 Å². The minimum atomic E-state index is -0.169. The minimum absolute atomic E-state index is 0.119. The molecule has 2 aromatic heterocycles. The van der Waals surface area contributed by atoms with Crippen LogP contribution in [0.4, 0.5) is 11.4 Å². The third-order valence-corrected chi connectivity index (χ3v) is 5.47. The molecule has 0 unspecified atom stereocenters. The molecule has 1 aliphatic rings. The fourth-order valence-corrected chi connectivity index (χ4v) is 4.19. The number of carbonyl (C=O) groups excluding carboxylic acids is 1. The summed E-state index contributed by atoms with van der Waals surface area (Å²) in [5, 5.41) is 6.86. The summed E-state index contributed by atoms with van der Waals surface area (Å²) in [6, 6.07) is 15.4. The molecule has 1 aromatic carbocycles. The molecule has 1 saturated heterocycles. The van der Waals surface area contributed by atoms with Crippen molar-refractivity contribution in [3.8, 4) is 5.75 Å². The first-order chi connectivity index (χ1) is 14.5. The second-order valence-corrected chi connectivity index (χ2v) is 7.49. The lowest BCUT2D eigenvalue weighted by atomic mass is 10.0. The van der Waals surface area contributed by atoms with Gasteiger partial charge in [0, 0.05) is 37.7 Å². The Morgan fingerprint density at radius 2 is 2.07 bits per heavy atom. The van der Waals surface area contributed by atoms with Gasteiger partial charge in [-0.2, -0.15) is 0 Å². The first-order valence-electron chi connectivity index (χ1n) is 9.57. The molecule has 1 fully saturated rings. The normalized spacial score (nSPS) is 18.2. The third-order valence-electron chi connectivity index (χ3n) is 5.16. The molecule has 0 radical (unpaired) electrons. The smallest absolute Gasteiger partial charge is 0.221 e. The number of aryl methyl sites for hydroxylation is 1. The van der Waals surface area contributed by atoms with Gasteiger partial charge in [-0.15, -0.1) is 0 Å². The standard InChI is InChI=1S/C22H23N5O2S/c1-14(28)24-17-13-15(9-10-19(17)29-3)27-21(18-8-6-12-26(18)2)20(25-22(27)30)16-7-4-5-11-23-16/h4-13,20-21H,1-3H3,(H,24,28)(H,25,30)/t20-,21-/m0/s1. The van der Waals surface area contributed by atoms with Gasteiger partial charge in [0.1, 0.15) is 11.8 Å². The number of thiocarbonyl (C=S) groups is 1. The lowest BCUT2D eigenvalue weighted by molar-refractivity contribution is -0.114. The van der Waals surface area contributed by atoms with Crippen molar-refractivity contribution in [3.63, 3.8) is 0 Å². The Balaban J connectivity index is 1.82. The highest BCUT2D eigenvalue weighted by Gasteiger charge is 2.41. The van der Waals surface area contributed by atoms with Crippen LogP contribution >= 0.6 is 12.2 Å². The van der Waals surface area contributed by atoms with Crippen LogP contribution in [0.2, 0.25) is 0 Å². The van der Waals surface area contributed by atoms with Crippen LogP contribution in [0.1, 0.15) is 30.4 Å². The van der Waals surface area contributed by atoms with Gasteiger partial charge in [0.25, 0.3) is 0 Å². The van der Waals surface area contributed by atoms with E-state index < -0.39 is 0 Å². The molecule has 2 atom stereocenters. The lowest BCUT2D eigenvalue weighted by Crippen LogP contribution is -2.30. The third kappa shape index (κ3) is 3.61. The molecule has 30 heavy (non-hydrogen) atoms. The topological polar surface area (TPSA) is 71.4 Å². The van der Waals surface area contributed by atoms with Crippen molar-refractivity contribution in [2.24, 2.45) is 7.05 Å². The minimum Gasteiger partial charge on any atom is -0.495 e. The number of hydrogen-bond donors (Lipinski definition) is 2. The van der Waals surface area contributed by atoms with Gasteiger partial charge in [-0.25, -0.2) is 0 Å². The fourth-order valence-electron chi connectivity index (χ4n) is 3.85. The van der Waals surface area contributed by atoms with Crippen LogP contribution in [0.5, 0.6) is 5.75 Å². The Hall–Kier alpha value is -3.39. The second-order valence-electron chi connectivity index (χ2n) is 7.11. The van der Waals surface area contributed by atoms with Gasteiger partial charge >= 0.3 is 0 Å². The van der Waals surface area contributed by atoms with E-state index in [0.717, 1.165) is 17.1 Å². The maximum atomic E-state index is 11.7. The second kappa shape index (κ2) is 8.16. The van der Waals surface area contributed by atoms with Crippen LogP contribution < -0.4 is 20.3 Å². The van der Waals surface area contributed by atoms with E-state index in [1.165, 1.54) is 6.92 Å². The molecule has 0 saturated carbocycles. The maximum Gasteiger partial charge on any atom is 0.221 e. The average molecular weight is 422 g/mol. The molecule has 154 valence electrons. The summed E-state index contributed by atoms with van der Waals surface area (Å²) in [7, 11) is 3.59. The Morgan fingerprint density at radius 3 is 2.70 bits per heavy atom. The summed E-state index contributed by atoms with van der Waals surface area (Å²) in [5.74, 6) is 0.418. The van der Waals surface area contributed by atoms with Gasteiger partial charge in [-0.05, 0) is 54.7 Å². The summed E-state index contributed by atoms with van der Waals surface area (Å²) in [6.07, 6.45) is 3.80. The SMILES string of the molecule is COc1ccc(N2C(=S)N[C@@H](c3ccccn3)[C@@H]2c2cccn2C)cc1NC(C)=O. The Morgan fingerprint density at radius 1 is 1.23 bits per heavy atom. The first kappa shape index (κ1) is 19.9. The molecular formula is C22H23N5O2S. The molecule has 8 heteroatoms. The van der Waals surface area contributed by atoms with Crippen LogP contribution in [0.25, 0.3) is 0 Å². The Labute approximate surface area is 180 Å². The number of nitrogens with zero attached hydrogens (tertiary/aromatic N) is 3. The monoisotopic (exact) mass is 421 g/mol. The van der Waals surface area contributed by atoms with Crippen LogP contribution in [-0.2, 0) is 11.8 Å². The largest absolute Gasteiger partial charge is 0.495 e. The molecule has 4 rings (SSSR count). The number of nitrogens with one attached hydrogen (secondary N) is 2. The van der Waals surface area contributed by atoms with Crippen LogP contribution in [0.3, 0.4) is 0 Å². The number of hydrogen-bond acceptors (Lipinski definition) is 4. The summed E-state index contributed by atoms with van der Waals surface area (Å²) in [6.45, 7) is 1.47. The van der Waals surface area contributed by atoms with Crippen molar-refractivity contribution in [3.05, 3.63) is 72.3 Å². The van der Waals surface area contributed by atoms with Crippen LogP contribution in [0.15, 0.2) is 60.9 Å². The molecule has 0 aliphatic carbocycles. The van der Waals surface area contributed by atoms with Gasteiger partial charge in [-0.1, -0.05) is 6.07 Å². The fraction of sp³-hybridized carbons (Fsp3) is 0.227. The van der Waals surface area contributed by atoms with E-state index in [1.54, 1.807) is 13.3 Å². The van der Waals surface area contributed by atoms with Crippen molar-refractivity contribution in [1.29, 1.82) is 0 Å². The average Bonchev–Trinajstić information content (AvgIpc) is 3.30. The van der Waals surface area contributed by atoms with E-state index >= 15 is 0 Å². The highest BCUT2D eigenvalue weighted by atomic mass is 32.1. The number of aromatic nitrogens is 2. The number of ether oxygens (including phenoxy) is 1. The number of benzene rings is 1. The van der Waals surface area contributed by atoms with E-state index in [4.69, 9.17) is 17.0 Å². The summed E-state index contributed by atoms with van der Waals surface area (Å²) >= 11 is 5.75. The molecule has 3 aromatic rings. The van der Waals surface area contributed by atoms with Crippen molar-refractivity contribution >= 4 is 34.6 Å².